The Hall–Kier alpha value is -0.390. The van der Waals surface area contributed by atoms with E-state index in [2.05, 4.69) is 49.8 Å². The summed E-state index contributed by atoms with van der Waals surface area (Å²) < 4.78 is 3.23. The Bertz CT molecular complexity index is 410. The fourth-order valence-electron chi connectivity index (χ4n) is 2.75. The second-order valence-corrected chi connectivity index (χ2v) is 6.18. The second kappa shape index (κ2) is 6.86. The summed E-state index contributed by atoms with van der Waals surface area (Å²) in [5.41, 5.74) is 2.33. The number of likely N-dealkylation sites (tertiary alicyclic amines) is 1. The summed E-state index contributed by atoms with van der Waals surface area (Å²) in [6.45, 7) is 11.9. The molecule has 1 aliphatic rings. The minimum Gasteiger partial charge on any atom is -0.310 e. The largest absolute Gasteiger partial charge is 0.310 e. The van der Waals surface area contributed by atoms with Crippen LogP contribution < -0.4 is 5.32 Å². The molecule has 0 amide bonds. The van der Waals surface area contributed by atoms with Crippen molar-refractivity contribution in [3.05, 3.63) is 15.9 Å². The summed E-state index contributed by atoms with van der Waals surface area (Å²) in [5, 5.41) is 8.10. The lowest BCUT2D eigenvalue weighted by Crippen LogP contribution is -2.38. The molecule has 2 heterocycles. The predicted molar refractivity (Wildman–Crippen MR) is 82.3 cm³/mol. The maximum atomic E-state index is 4.52. The third-order valence-corrected chi connectivity index (χ3v) is 4.98. The van der Waals surface area contributed by atoms with Crippen molar-refractivity contribution >= 4 is 15.9 Å². The van der Waals surface area contributed by atoms with Crippen molar-refractivity contribution in [3.8, 4) is 0 Å². The molecule has 0 bridgehead atoms. The minimum atomic E-state index is 0.625. The molecule has 108 valence electrons. The Morgan fingerprint density at radius 2 is 2.05 bits per heavy atom. The van der Waals surface area contributed by atoms with Crippen LogP contribution in [-0.4, -0.2) is 40.4 Å². The quantitative estimate of drug-likeness (QED) is 0.871. The average molecular weight is 329 g/mol. The first kappa shape index (κ1) is 15.0. The first-order valence-electron chi connectivity index (χ1n) is 7.30. The van der Waals surface area contributed by atoms with Crippen LogP contribution in [0.5, 0.6) is 0 Å². The monoisotopic (exact) mass is 328 g/mol. The minimum absolute atomic E-state index is 0.625. The molecule has 0 radical (unpaired) electrons. The van der Waals surface area contributed by atoms with Gasteiger partial charge in [0.05, 0.1) is 15.9 Å². The van der Waals surface area contributed by atoms with E-state index in [1.165, 1.54) is 31.6 Å². The van der Waals surface area contributed by atoms with E-state index in [4.69, 9.17) is 0 Å². The lowest BCUT2D eigenvalue weighted by atomic mass is 10.3. The van der Waals surface area contributed by atoms with E-state index in [9.17, 15) is 0 Å². The van der Waals surface area contributed by atoms with Crippen LogP contribution in [0, 0.1) is 6.92 Å². The summed E-state index contributed by atoms with van der Waals surface area (Å²) in [7, 11) is 0. The van der Waals surface area contributed by atoms with Crippen molar-refractivity contribution in [2.45, 2.75) is 52.7 Å². The molecular weight excluding hydrogens is 304 g/mol. The van der Waals surface area contributed by atoms with Gasteiger partial charge in [-0.1, -0.05) is 0 Å². The van der Waals surface area contributed by atoms with Crippen LogP contribution in [0.25, 0.3) is 0 Å². The number of hydrogen-bond donors (Lipinski definition) is 1. The van der Waals surface area contributed by atoms with Gasteiger partial charge in [0.2, 0.25) is 0 Å². The molecule has 0 aliphatic carbocycles. The molecule has 1 aliphatic heterocycles. The SMILES string of the molecule is CCn1nc(C)c(Br)c1CNCC(C)N1CCCC1. The smallest absolute Gasteiger partial charge is 0.0739 e. The fraction of sp³-hybridized carbons (Fsp3) is 0.786. The van der Waals surface area contributed by atoms with Crippen LogP contribution in [0.15, 0.2) is 4.47 Å². The maximum Gasteiger partial charge on any atom is 0.0739 e. The molecule has 0 aromatic carbocycles. The summed E-state index contributed by atoms with van der Waals surface area (Å²) in [4.78, 5) is 2.57. The van der Waals surface area contributed by atoms with Gasteiger partial charge in [0.25, 0.3) is 0 Å². The Balaban J connectivity index is 1.85. The first-order chi connectivity index (χ1) is 9.13. The number of halogens is 1. The highest BCUT2D eigenvalue weighted by Gasteiger charge is 2.18. The number of rotatable bonds is 6. The molecular formula is C14H25BrN4. The average Bonchev–Trinajstić information content (AvgIpc) is 3.01. The Kier molecular flexibility index (Phi) is 5.42. The molecule has 4 nitrogen and oxygen atoms in total. The Labute approximate surface area is 124 Å². The van der Waals surface area contributed by atoms with Crippen LogP contribution >= 0.6 is 15.9 Å². The number of nitrogens with zero attached hydrogens (tertiary/aromatic N) is 3. The Morgan fingerprint density at radius 1 is 1.37 bits per heavy atom. The van der Waals surface area contributed by atoms with Crippen molar-refractivity contribution in [3.63, 3.8) is 0 Å². The van der Waals surface area contributed by atoms with E-state index in [-0.39, 0.29) is 0 Å². The summed E-state index contributed by atoms with van der Waals surface area (Å²) in [6.07, 6.45) is 2.72. The molecule has 19 heavy (non-hydrogen) atoms. The number of aromatic nitrogens is 2. The van der Waals surface area contributed by atoms with Crippen molar-refractivity contribution in [2.24, 2.45) is 0 Å². The van der Waals surface area contributed by atoms with Crippen LogP contribution in [0.1, 0.15) is 38.1 Å². The number of nitrogens with one attached hydrogen (secondary N) is 1. The highest BCUT2D eigenvalue weighted by Crippen LogP contribution is 2.20. The summed E-state index contributed by atoms with van der Waals surface area (Å²) in [5.74, 6) is 0. The summed E-state index contributed by atoms with van der Waals surface area (Å²) in [6, 6.07) is 0.625. The molecule has 1 atom stereocenters. The zero-order chi connectivity index (χ0) is 13.8. The van der Waals surface area contributed by atoms with Gasteiger partial charge in [0.1, 0.15) is 0 Å². The van der Waals surface area contributed by atoms with Gasteiger partial charge in [-0.3, -0.25) is 9.58 Å². The predicted octanol–water partition coefficient (Wildman–Crippen LogP) is 2.55. The molecule has 1 saturated heterocycles. The molecule has 1 N–H and O–H groups in total. The van der Waals surface area contributed by atoms with Gasteiger partial charge in [-0.25, -0.2) is 0 Å². The van der Waals surface area contributed by atoms with Crippen LogP contribution in [0.3, 0.4) is 0 Å². The topological polar surface area (TPSA) is 33.1 Å². The standard InChI is InChI=1S/C14H25BrN4/c1-4-19-13(14(15)12(3)17-19)10-16-9-11(2)18-7-5-6-8-18/h11,16H,4-10H2,1-3H3. The number of hydrogen-bond acceptors (Lipinski definition) is 3. The van der Waals surface area contributed by atoms with E-state index < -0.39 is 0 Å². The summed E-state index contributed by atoms with van der Waals surface area (Å²) >= 11 is 3.64. The van der Waals surface area contributed by atoms with Crippen molar-refractivity contribution in [2.75, 3.05) is 19.6 Å². The van der Waals surface area contributed by atoms with Crippen LogP contribution in [0.4, 0.5) is 0 Å². The van der Waals surface area contributed by atoms with Gasteiger partial charge in [-0.15, -0.1) is 0 Å². The van der Waals surface area contributed by atoms with Crippen molar-refractivity contribution in [1.29, 1.82) is 0 Å². The molecule has 5 heteroatoms. The van der Waals surface area contributed by atoms with Gasteiger partial charge in [-0.05, 0) is 62.6 Å². The Morgan fingerprint density at radius 3 is 2.68 bits per heavy atom. The number of aryl methyl sites for hydroxylation is 2. The van der Waals surface area contributed by atoms with E-state index in [0.717, 1.165) is 29.8 Å². The zero-order valence-corrected chi connectivity index (χ0v) is 13.8. The van der Waals surface area contributed by atoms with E-state index in [1.54, 1.807) is 0 Å². The van der Waals surface area contributed by atoms with E-state index in [1.807, 2.05) is 6.92 Å². The zero-order valence-electron chi connectivity index (χ0n) is 12.2. The van der Waals surface area contributed by atoms with Crippen molar-refractivity contribution < 1.29 is 0 Å². The van der Waals surface area contributed by atoms with Crippen LogP contribution in [-0.2, 0) is 13.1 Å². The lowest BCUT2D eigenvalue weighted by molar-refractivity contribution is 0.251. The van der Waals surface area contributed by atoms with Gasteiger partial charge >= 0.3 is 0 Å². The van der Waals surface area contributed by atoms with Crippen molar-refractivity contribution in [1.82, 2.24) is 20.0 Å². The first-order valence-corrected chi connectivity index (χ1v) is 8.09. The fourth-order valence-corrected chi connectivity index (χ4v) is 3.17. The second-order valence-electron chi connectivity index (χ2n) is 5.38. The van der Waals surface area contributed by atoms with Crippen LogP contribution in [0.2, 0.25) is 0 Å². The van der Waals surface area contributed by atoms with Gasteiger partial charge in [-0.2, -0.15) is 5.10 Å². The molecule has 2 rings (SSSR count). The molecule has 0 saturated carbocycles. The molecule has 1 aromatic rings. The molecule has 1 unspecified atom stereocenters. The molecule has 1 aromatic heterocycles. The third-order valence-electron chi connectivity index (χ3n) is 3.95. The van der Waals surface area contributed by atoms with Gasteiger partial charge in [0.15, 0.2) is 0 Å². The van der Waals surface area contributed by atoms with E-state index in [0.29, 0.717) is 6.04 Å². The normalized spacial score (nSPS) is 18.1. The van der Waals surface area contributed by atoms with E-state index >= 15 is 0 Å². The third kappa shape index (κ3) is 3.58. The van der Waals surface area contributed by atoms with Gasteiger partial charge in [0, 0.05) is 25.7 Å². The molecule has 1 fully saturated rings. The lowest BCUT2D eigenvalue weighted by Gasteiger charge is -2.24. The maximum absolute atomic E-state index is 4.52. The highest BCUT2D eigenvalue weighted by molar-refractivity contribution is 9.10. The molecule has 0 spiro atoms. The highest BCUT2D eigenvalue weighted by atomic mass is 79.9. The van der Waals surface area contributed by atoms with Gasteiger partial charge < -0.3 is 5.32 Å².